The van der Waals surface area contributed by atoms with E-state index in [1.54, 1.807) is 0 Å². The molecule has 3 heterocycles. The summed E-state index contributed by atoms with van der Waals surface area (Å²) < 4.78 is 92.5. The van der Waals surface area contributed by atoms with Gasteiger partial charge < -0.3 is 14.7 Å². The first kappa shape index (κ1) is 6.87. The molecule has 2 N–H and O–H groups in total. The van der Waals surface area contributed by atoms with Crippen molar-refractivity contribution in [1.29, 1.82) is 0 Å². The van der Waals surface area contributed by atoms with Crippen LogP contribution in [0.15, 0.2) is 18.6 Å². The number of likely N-dealkylation sites (tertiary alicyclic amines) is 1. The molecule has 1 fully saturated rings. The molecule has 1 amide bonds. The Kier molecular flexibility index (Phi) is 1.87. The number of hydrogen-bond donors (Lipinski definition) is 2. The summed E-state index contributed by atoms with van der Waals surface area (Å²) in [5, 5.41) is 0.222. The lowest BCUT2D eigenvalue weighted by Crippen LogP contribution is -2.54. The van der Waals surface area contributed by atoms with Gasteiger partial charge in [-0.15, -0.1) is 0 Å². The maximum absolute atomic E-state index is 12.9. The van der Waals surface area contributed by atoms with E-state index in [0.29, 0.717) is 0 Å². The van der Waals surface area contributed by atoms with Gasteiger partial charge in [-0.25, -0.2) is 11.6 Å². The van der Waals surface area contributed by atoms with Crippen LogP contribution in [0.4, 0.5) is 0 Å². The molecule has 2 atom stereocenters. The number of piperidine rings is 1. The summed E-state index contributed by atoms with van der Waals surface area (Å²) in [6, 6.07) is -1.70. The van der Waals surface area contributed by atoms with Crippen LogP contribution in [0, 0.1) is 12.5 Å². The molecule has 0 aromatic carbocycles. The SMILES string of the molecule is [2H]c1nc2[nH]ccc2c(=[N+](C)[C@]2([2H])C([2H])([2H])N(C(=O)C([2H])([2H])[N+]#[C-])C([2H])([2H])C([2H])([2H])[C@@]2([2H])C)[nH]1. The van der Waals surface area contributed by atoms with Crippen molar-refractivity contribution in [2.24, 2.45) is 5.89 Å². The molecule has 1 aliphatic rings. The number of nitrogens with one attached hydrogen (secondary N) is 2. The minimum Gasteiger partial charge on any atom is -0.346 e. The van der Waals surface area contributed by atoms with Gasteiger partial charge in [0.05, 0.1) is 17.7 Å². The molecule has 7 nitrogen and oxygen atoms in total. The van der Waals surface area contributed by atoms with Crippen LogP contribution in [0.5, 0.6) is 0 Å². The number of rotatable bonds is 2. The van der Waals surface area contributed by atoms with Crippen LogP contribution >= 0.6 is 0 Å². The number of fused-ring (bicyclic) bond motifs is 1. The summed E-state index contributed by atoms with van der Waals surface area (Å²) in [6.07, 6.45) is -2.45. The average molecular weight is 324 g/mol. The molecule has 120 valence electrons. The Morgan fingerprint density at radius 3 is 3.39 bits per heavy atom. The third kappa shape index (κ3) is 2.84. The van der Waals surface area contributed by atoms with Crippen molar-refractivity contribution in [2.45, 2.75) is 19.3 Å². The van der Waals surface area contributed by atoms with E-state index in [0.717, 1.165) is 18.5 Å². The Bertz CT molecular complexity index is 1290. The summed E-state index contributed by atoms with van der Waals surface area (Å²) in [5.74, 6) is -4.99. The van der Waals surface area contributed by atoms with Gasteiger partial charge in [-0.05, 0) is 18.3 Å². The lowest BCUT2D eigenvalue weighted by molar-refractivity contribution is -0.131. The predicted molar refractivity (Wildman–Crippen MR) is 87.3 cm³/mol. The van der Waals surface area contributed by atoms with Crippen molar-refractivity contribution in [2.75, 3.05) is 26.5 Å². The third-order valence-electron chi connectivity index (χ3n) is 3.28. The highest BCUT2D eigenvalue weighted by Crippen LogP contribution is 2.18. The largest absolute Gasteiger partial charge is 0.346 e. The second kappa shape index (κ2) is 6.24. The number of H-pyrrole nitrogens is 2. The fraction of sp³-hybridized carbons (Fsp3) is 0.500. The smallest absolute Gasteiger partial charge is 0.302 e. The highest BCUT2D eigenvalue weighted by Gasteiger charge is 2.33. The summed E-state index contributed by atoms with van der Waals surface area (Å²) in [7, 11) is 1.10. The first-order valence-electron chi connectivity index (χ1n) is 12.1. The van der Waals surface area contributed by atoms with E-state index >= 15 is 0 Å². The fourth-order valence-corrected chi connectivity index (χ4v) is 2.17. The lowest BCUT2D eigenvalue weighted by atomic mass is 9.93. The quantitative estimate of drug-likeness (QED) is 0.622. The normalized spacial score (nSPS) is 43.3. The first-order chi connectivity index (χ1) is 15.2. The van der Waals surface area contributed by atoms with E-state index in [1.807, 2.05) is 0 Å². The van der Waals surface area contributed by atoms with Crippen molar-refractivity contribution in [3.63, 3.8) is 0 Å². The van der Waals surface area contributed by atoms with Crippen LogP contribution in [0.2, 0.25) is 0 Å². The molecular formula is C16H21N6O+. The van der Waals surface area contributed by atoms with Gasteiger partial charge in [0.15, 0.2) is 6.30 Å². The highest BCUT2D eigenvalue weighted by molar-refractivity contribution is 5.79. The second-order valence-corrected chi connectivity index (χ2v) is 4.68. The predicted octanol–water partition coefficient (Wildman–Crippen LogP) is 0.449. The van der Waals surface area contributed by atoms with Gasteiger partial charge in [-0.2, -0.15) is 4.98 Å². The van der Waals surface area contributed by atoms with Gasteiger partial charge in [-0.3, -0.25) is 9.37 Å². The molecule has 0 saturated carbocycles. The number of aromatic nitrogens is 3. The van der Waals surface area contributed by atoms with Crippen molar-refractivity contribution in [3.05, 3.63) is 35.5 Å². The van der Waals surface area contributed by atoms with E-state index in [1.165, 1.54) is 12.3 Å². The molecule has 0 bridgehead atoms. The Morgan fingerprint density at radius 2 is 2.61 bits per heavy atom. The summed E-state index contributed by atoms with van der Waals surface area (Å²) >= 11 is 0. The van der Waals surface area contributed by atoms with Gasteiger partial charge in [0.25, 0.3) is 12.0 Å². The van der Waals surface area contributed by atoms with Crippen molar-refractivity contribution < 1.29 is 19.9 Å². The van der Waals surface area contributed by atoms with Gasteiger partial charge in [0, 0.05) is 19.5 Å². The average Bonchev–Trinajstić information content (AvgIpc) is 3.18. The van der Waals surface area contributed by atoms with Crippen LogP contribution in [-0.2, 0) is 4.79 Å². The number of carbonyl (C=O) groups is 1. The minimum atomic E-state index is -3.64. The third-order valence-corrected chi connectivity index (χ3v) is 3.28. The van der Waals surface area contributed by atoms with Crippen molar-refractivity contribution in [3.8, 4) is 0 Å². The molecule has 7 heteroatoms. The monoisotopic (exact) mass is 324 g/mol. The Balaban J connectivity index is 2.52. The van der Waals surface area contributed by atoms with Crippen molar-refractivity contribution in [1.82, 2.24) is 24.4 Å². The summed E-state index contributed by atoms with van der Waals surface area (Å²) in [4.78, 5) is 24.1. The number of amides is 1. The molecule has 1 aliphatic heterocycles. The number of carbonyl (C=O) groups excluding carboxylic acids is 1. The molecule has 0 radical (unpaired) electrons. The summed E-state index contributed by atoms with van der Waals surface area (Å²) in [6.45, 7) is -2.96. The fourth-order valence-electron chi connectivity index (χ4n) is 2.17. The van der Waals surface area contributed by atoms with Gasteiger partial charge in [-0.1, -0.05) is 6.92 Å². The highest BCUT2D eigenvalue weighted by atomic mass is 16.2. The summed E-state index contributed by atoms with van der Waals surface area (Å²) in [5.41, 5.74) is -0.0136. The maximum atomic E-state index is 12.9. The lowest BCUT2D eigenvalue weighted by Gasteiger charge is -2.35. The minimum absolute atomic E-state index is 0.146. The van der Waals surface area contributed by atoms with E-state index in [-0.39, 0.29) is 16.5 Å². The molecule has 23 heavy (non-hydrogen) atoms. The van der Waals surface area contributed by atoms with Gasteiger partial charge in [0.1, 0.15) is 21.2 Å². The van der Waals surface area contributed by atoms with E-state index in [9.17, 15) is 4.79 Å². The molecule has 0 spiro atoms. The maximum Gasteiger partial charge on any atom is 0.302 e. The number of likely N-dealkylation sites (N-methyl/N-ethyl adjacent to an activating group) is 1. The van der Waals surface area contributed by atoms with Crippen LogP contribution < -0.4 is 10.1 Å². The molecular weight excluding hydrogens is 292 g/mol. The van der Waals surface area contributed by atoms with E-state index in [4.69, 9.17) is 21.7 Å². The first-order valence-corrected chi connectivity index (χ1v) is 6.57. The second-order valence-electron chi connectivity index (χ2n) is 4.68. The topological polar surface area (TPSA) is 72.2 Å². The zero-order valence-electron chi connectivity index (χ0n) is 23.4. The van der Waals surface area contributed by atoms with Crippen LogP contribution in [0.1, 0.15) is 28.4 Å². The Labute approximate surface area is 149 Å². The standard InChI is InChI=1S/C16H20N6O/c1-11-5-7-22(14(23)8-17-2)9-13(11)21(3)16-12-4-6-18-15(12)19-10-20-16/h4,6,10-11,13H,5,7-9H2,1,3H3,(H,18,19,20)/p+1/t11-,13-/m1/s1/i5D2,7D2,8D2,9D2,10D,11D,13D. The van der Waals surface area contributed by atoms with Crippen LogP contribution in [-0.4, -0.2) is 58.3 Å². The van der Waals surface area contributed by atoms with E-state index in [2.05, 4.69) is 19.8 Å². The van der Waals surface area contributed by atoms with Crippen LogP contribution in [0.25, 0.3) is 15.9 Å². The Morgan fingerprint density at radius 1 is 1.78 bits per heavy atom. The Hall–Kier alpha value is -2.62. The molecule has 3 rings (SSSR count). The number of hydrogen-bond acceptors (Lipinski definition) is 2. The molecule has 0 aliphatic carbocycles. The zero-order valence-corrected chi connectivity index (χ0v) is 12.4. The number of aromatic amines is 2. The zero-order chi connectivity index (χ0) is 26.3. The van der Waals surface area contributed by atoms with Crippen LogP contribution in [0.3, 0.4) is 0 Å². The van der Waals surface area contributed by atoms with Crippen molar-refractivity contribution >= 4 is 16.9 Å². The van der Waals surface area contributed by atoms with Gasteiger partial charge >= 0.3 is 5.91 Å². The van der Waals surface area contributed by atoms with Gasteiger partial charge in [0.2, 0.25) is 0 Å². The molecule has 2 aromatic rings. The number of nitrogens with zero attached hydrogens (tertiary/aromatic N) is 4. The molecule has 0 unspecified atom stereocenters. The molecule has 1 saturated heterocycles. The molecule has 2 aromatic heterocycles. The van der Waals surface area contributed by atoms with E-state index < -0.39 is 54.9 Å².